The fraction of sp³-hybridized carbons (Fsp3) is 0.0909. The van der Waals surface area contributed by atoms with Gasteiger partial charge in [0.1, 0.15) is 6.29 Å². The lowest BCUT2D eigenvalue weighted by Crippen LogP contribution is -2.02. The van der Waals surface area contributed by atoms with E-state index in [-0.39, 0.29) is 5.56 Å². The van der Waals surface area contributed by atoms with Crippen LogP contribution in [0.2, 0.25) is 0 Å². The van der Waals surface area contributed by atoms with Crippen LogP contribution in [0.1, 0.15) is 21.5 Å². The normalized spacial score (nSPS) is 10.4. The number of hydrogen-bond donors (Lipinski definition) is 1. The summed E-state index contributed by atoms with van der Waals surface area (Å²) in [5, 5.41) is 8.92. The lowest BCUT2D eigenvalue weighted by Gasteiger charge is -2.03. The number of benzene rings is 1. The number of aromatic carboxylic acids is 1. The molecule has 1 rings (SSSR count). The second kappa shape index (κ2) is 4.37. The zero-order chi connectivity index (χ0) is 10.6. The Morgan fingerprint density at radius 1 is 1.43 bits per heavy atom. The molecule has 72 valence electrons. The highest BCUT2D eigenvalue weighted by atomic mass is 16.4. The molecule has 0 bridgehead atoms. The monoisotopic (exact) mass is 190 g/mol. The van der Waals surface area contributed by atoms with E-state index in [0.717, 1.165) is 0 Å². The fourth-order valence-corrected chi connectivity index (χ4v) is 1.26. The number of rotatable bonds is 3. The van der Waals surface area contributed by atoms with Gasteiger partial charge in [-0.1, -0.05) is 24.3 Å². The van der Waals surface area contributed by atoms with Gasteiger partial charge in [-0.15, -0.1) is 0 Å². The zero-order valence-electron chi connectivity index (χ0n) is 7.73. The average molecular weight is 190 g/mol. The third-order valence-electron chi connectivity index (χ3n) is 1.87. The summed E-state index contributed by atoms with van der Waals surface area (Å²) in [5.74, 6) is -0.978. The summed E-state index contributed by atoms with van der Waals surface area (Å²) in [5.41, 5.74) is 1.47. The van der Waals surface area contributed by atoms with Crippen molar-refractivity contribution in [3.05, 3.63) is 41.0 Å². The molecule has 0 aromatic heterocycles. The number of aryl methyl sites for hydroxylation is 1. The molecule has 0 saturated heterocycles. The molecular formula is C11H10O3. The third kappa shape index (κ3) is 2.07. The Morgan fingerprint density at radius 3 is 2.71 bits per heavy atom. The van der Waals surface area contributed by atoms with E-state index in [2.05, 4.69) is 0 Å². The number of aldehydes is 1. The molecule has 0 saturated carbocycles. The Bertz CT molecular complexity index is 392. The lowest BCUT2D eigenvalue weighted by molar-refractivity contribution is -0.104. The Hall–Kier alpha value is -1.90. The first kappa shape index (κ1) is 10.2. The maximum absolute atomic E-state index is 10.9. The van der Waals surface area contributed by atoms with Crippen molar-refractivity contribution in [1.82, 2.24) is 0 Å². The van der Waals surface area contributed by atoms with Crippen molar-refractivity contribution < 1.29 is 14.7 Å². The number of carbonyl (C=O) groups excluding carboxylic acids is 1. The Kier molecular flexibility index (Phi) is 3.18. The largest absolute Gasteiger partial charge is 0.478 e. The number of hydrogen-bond acceptors (Lipinski definition) is 2. The van der Waals surface area contributed by atoms with Crippen molar-refractivity contribution in [3.8, 4) is 0 Å². The van der Waals surface area contributed by atoms with Crippen LogP contribution in [0.25, 0.3) is 6.08 Å². The van der Waals surface area contributed by atoms with Crippen LogP contribution in [0.15, 0.2) is 24.3 Å². The maximum Gasteiger partial charge on any atom is 0.336 e. The van der Waals surface area contributed by atoms with E-state index in [1.54, 1.807) is 25.1 Å². The van der Waals surface area contributed by atoms with Gasteiger partial charge in [0.25, 0.3) is 0 Å². The van der Waals surface area contributed by atoms with Gasteiger partial charge in [-0.25, -0.2) is 4.79 Å². The molecule has 0 atom stereocenters. The zero-order valence-corrected chi connectivity index (χ0v) is 7.73. The molecule has 0 amide bonds. The fourth-order valence-electron chi connectivity index (χ4n) is 1.26. The smallest absolute Gasteiger partial charge is 0.336 e. The van der Waals surface area contributed by atoms with Crippen LogP contribution in [-0.2, 0) is 4.79 Å². The van der Waals surface area contributed by atoms with Gasteiger partial charge in [-0.05, 0) is 24.1 Å². The number of allylic oxidation sites excluding steroid dienone is 1. The standard InChI is InChI=1S/C11H10O3/c1-8-4-2-5-9(6-3-7-12)10(8)11(13)14/h2-7H,1H3,(H,13,14). The van der Waals surface area contributed by atoms with E-state index in [1.807, 2.05) is 0 Å². The minimum atomic E-state index is -0.978. The van der Waals surface area contributed by atoms with Crippen LogP contribution in [0.4, 0.5) is 0 Å². The highest BCUT2D eigenvalue weighted by Gasteiger charge is 2.09. The second-order valence-corrected chi connectivity index (χ2v) is 2.84. The van der Waals surface area contributed by atoms with E-state index in [0.29, 0.717) is 17.4 Å². The van der Waals surface area contributed by atoms with Crippen LogP contribution in [0.5, 0.6) is 0 Å². The van der Waals surface area contributed by atoms with E-state index in [1.165, 1.54) is 12.2 Å². The molecule has 1 aromatic rings. The van der Waals surface area contributed by atoms with Gasteiger partial charge in [-0.3, -0.25) is 4.79 Å². The lowest BCUT2D eigenvalue weighted by atomic mass is 10.0. The number of carboxylic acids is 1. The molecule has 0 radical (unpaired) electrons. The molecule has 3 heteroatoms. The number of carbonyl (C=O) groups is 2. The van der Waals surface area contributed by atoms with Crippen LogP contribution in [-0.4, -0.2) is 17.4 Å². The van der Waals surface area contributed by atoms with Crippen molar-refractivity contribution in [2.75, 3.05) is 0 Å². The molecule has 0 aliphatic rings. The molecule has 0 aliphatic heterocycles. The quantitative estimate of drug-likeness (QED) is 0.585. The van der Waals surface area contributed by atoms with E-state index in [4.69, 9.17) is 5.11 Å². The molecular weight excluding hydrogens is 180 g/mol. The molecule has 0 unspecified atom stereocenters. The van der Waals surface area contributed by atoms with Gasteiger partial charge >= 0.3 is 5.97 Å². The van der Waals surface area contributed by atoms with Gasteiger partial charge in [0.05, 0.1) is 5.56 Å². The first-order valence-electron chi connectivity index (χ1n) is 4.11. The van der Waals surface area contributed by atoms with Gasteiger partial charge < -0.3 is 5.11 Å². The summed E-state index contributed by atoms with van der Waals surface area (Å²) in [4.78, 5) is 21.0. The molecule has 3 nitrogen and oxygen atoms in total. The first-order chi connectivity index (χ1) is 6.66. The van der Waals surface area contributed by atoms with Crippen molar-refractivity contribution in [2.45, 2.75) is 6.92 Å². The van der Waals surface area contributed by atoms with Crippen LogP contribution < -0.4 is 0 Å². The maximum atomic E-state index is 10.9. The summed E-state index contributed by atoms with van der Waals surface area (Å²) in [6, 6.07) is 5.14. The molecule has 0 fully saturated rings. The molecule has 0 spiro atoms. The molecule has 0 aliphatic carbocycles. The van der Waals surface area contributed by atoms with E-state index in [9.17, 15) is 9.59 Å². The van der Waals surface area contributed by atoms with E-state index >= 15 is 0 Å². The molecule has 0 heterocycles. The van der Waals surface area contributed by atoms with Crippen LogP contribution in [0.3, 0.4) is 0 Å². The summed E-state index contributed by atoms with van der Waals surface area (Å²) in [7, 11) is 0. The Labute approximate surface area is 81.7 Å². The summed E-state index contributed by atoms with van der Waals surface area (Å²) >= 11 is 0. The predicted molar refractivity (Wildman–Crippen MR) is 53.2 cm³/mol. The third-order valence-corrected chi connectivity index (χ3v) is 1.87. The Morgan fingerprint density at radius 2 is 2.14 bits per heavy atom. The summed E-state index contributed by atoms with van der Waals surface area (Å²) in [6.45, 7) is 1.72. The molecule has 14 heavy (non-hydrogen) atoms. The first-order valence-corrected chi connectivity index (χ1v) is 4.11. The van der Waals surface area contributed by atoms with Gasteiger partial charge in [-0.2, -0.15) is 0 Å². The second-order valence-electron chi connectivity index (χ2n) is 2.84. The number of carboxylic acid groups (broad SMARTS) is 1. The summed E-state index contributed by atoms with van der Waals surface area (Å²) in [6.07, 6.45) is 3.39. The van der Waals surface area contributed by atoms with Crippen molar-refractivity contribution in [3.63, 3.8) is 0 Å². The minimum absolute atomic E-state index is 0.241. The predicted octanol–water partition coefficient (Wildman–Crippen LogP) is 1.91. The van der Waals surface area contributed by atoms with Gasteiger partial charge in [0.2, 0.25) is 0 Å². The Balaban J connectivity index is 3.27. The SMILES string of the molecule is Cc1cccc(C=CC=O)c1C(=O)O. The molecule has 1 aromatic carbocycles. The van der Waals surface area contributed by atoms with Crippen LogP contribution >= 0.6 is 0 Å². The topological polar surface area (TPSA) is 54.4 Å². The average Bonchev–Trinajstić information content (AvgIpc) is 2.14. The van der Waals surface area contributed by atoms with Gasteiger partial charge in [0, 0.05) is 0 Å². The van der Waals surface area contributed by atoms with Crippen molar-refractivity contribution >= 4 is 18.3 Å². The van der Waals surface area contributed by atoms with Crippen molar-refractivity contribution in [2.24, 2.45) is 0 Å². The highest BCUT2D eigenvalue weighted by Crippen LogP contribution is 2.15. The summed E-state index contributed by atoms with van der Waals surface area (Å²) < 4.78 is 0. The van der Waals surface area contributed by atoms with Gasteiger partial charge in [0.15, 0.2) is 0 Å². The molecule has 1 N–H and O–H groups in total. The highest BCUT2D eigenvalue weighted by molar-refractivity contribution is 5.94. The van der Waals surface area contributed by atoms with Crippen LogP contribution in [0, 0.1) is 6.92 Å². The van der Waals surface area contributed by atoms with Crippen molar-refractivity contribution in [1.29, 1.82) is 0 Å². The minimum Gasteiger partial charge on any atom is -0.478 e. The van der Waals surface area contributed by atoms with E-state index < -0.39 is 5.97 Å².